The monoisotopic (exact) mass is 198 g/mol. The molecule has 82 valence electrons. The first kappa shape index (κ1) is 11.7. The number of Topliss-reactive ketones (excluding diaryl/α,β-unsaturated/α-hetero) is 1. The maximum absolute atomic E-state index is 11.4. The molecule has 0 aromatic rings. The number of ketones is 1. The average Bonchev–Trinajstić information content (AvgIpc) is 2.49. The maximum Gasteiger partial charge on any atom is 0.133 e. The van der Waals surface area contributed by atoms with Crippen molar-refractivity contribution in [1.29, 1.82) is 0 Å². The molecule has 0 spiro atoms. The molecule has 0 bridgehead atoms. The summed E-state index contributed by atoms with van der Waals surface area (Å²) >= 11 is 0. The van der Waals surface area contributed by atoms with E-state index in [1.165, 1.54) is 0 Å². The zero-order valence-corrected chi connectivity index (χ0v) is 9.38. The first-order valence-corrected chi connectivity index (χ1v) is 5.76. The lowest BCUT2D eigenvalue weighted by Gasteiger charge is -2.21. The summed E-state index contributed by atoms with van der Waals surface area (Å²) in [6, 6.07) is 0. The van der Waals surface area contributed by atoms with Gasteiger partial charge in [-0.15, -0.1) is 0 Å². The van der Waals surface area contributed by atoms with Gasteiger partial charge in [-0.1, -0.05) is 26.7 Å². The van der Waals surface area contributed by atoms with Gasteiger partial charge in [-0.25, -0.2) is 0 Å². The number of hydrogen-bond donors (Lipinski definition) is 1. The molecule has 0 saturated heterocycles. The van der Waals surface area contributed by atoms with E-state index >= 15 is 0 Å². The second kappa shape index (κ2) is 4.92. The van der Waals surface area contributed by atoms with Crippen molar-refractivity contribution in [2.75, 3.05) is 0 Å². The van der Waals surface area contributed by atoms with Crippen LogP contribution in [0.4, 0.5) is 0 Å². The normalized spacial score (nSPS) is 20.3. The molecule has 14 heavy (non-hydrogen) atoms. The summed E-state index contributed by atoms with van der Waals surface area (Å²) in [5.41, 5.74) is -0.507. The first-order chi connectivity index (χ1) is 6.52. The second-order valence-electron chi connectivity index (χ2n) is 5.07. The molecule has 0 radical (unpaired) electrons. The van der Waals surface area contributed by atoms with E-state index in [4.69, 9.17) is 0 Å². The van der Waals surface area contributed by atoms with Crippen LogP contribution in [0.25, 0.3) is 0 Å². The molecule has 1 saturated carbocycles. The van der Waals surface area contributed by atoms with Crippen LogP contribution in [-0.4, -0.2) is 16.5 Å². The SMILES string of the molecule is CC(C)CC(=O)CCC1(O)CCCC1. The Kier molecular flexibility index (Phi) is 4.11. The van der Waals surface area contributed by atoms with Gasteiger partial charge >= 0.3 is 0 Å². The Bertz CT molecular complexity index is 190. The molecule has 2 nitrogen and oxygen atoms in total. The Morgan fingerprint density at radius 3 is 2.43 bits per heavy atom. The summed E-state index contributed by atoms with van der Waals surface area (Å²) in [6.45, 7) is 4.12. The average molecular weight is 198 g/mol. The van der Waals surface area contributed by atoms with Crippen molar-refractivity contribution in [3.05, 3.63) is 0 Å². The van der Waals surface area contributed by atoms with Crippen LogP contribution < -0.4 is 0 Å². The molecule has 1 N–H and O–H groups in total. The van der Waals surface area contributed by atoms with Gasteiger partial charge in [0.2, 0.25) is 0 Å². The highest BCUT2D eigenvalue weighted by Gasteiger charge is 2.31. The zero-order valence-electron chi connectivity index (χ0n) is 9.38. The minimum Gasteiger partial charge on any atom is -0.390 e. The Morgan fingerprint density at radius 1 is 1.36 bits per heavy atom. The number of rotatable bonds is 5. The maximum atomic E-state index is 11.4. The van der Waals surface area contributed by atoms with Gasteiger partial charge in [0.25, 0.3) is 0 Å². The Balaban J connectivity index is 2.22. The van der Waals surface area contributed by atoms with Crippen LogP contribution >= 0.6 is 0 Å². The van der Waals surface area contributed by atoms with Crippen LogP contribution in [0.5, 0.6) is 0 Å². The lowest BCUT2D eigenvalue weighted by molar-refractivity contribution is -0.121. The summed E-state index contributed by atoms with van der Waals surface area (Å²) < 4.78 is 0. The topological polar surface area (TPSA) is 37.3 Å². The molecule has 1 aliphatic carbocycles. The molecule has 0 aromatic heterocycles. The van der Waals surface area contributed by atoms with Crippen molar-refractivity contribution in [3.8, 4) is 0 Å². The van der Waals surface area contributed by atoms with Crippen LogP contribution in [0, 0.1) is 5.92 Å². The number of aliphatic hydroxyl groups is 1. The van der Waals surface area contributed by atoms with Crippen molar-refractivity contribution in [1.82, 2.24) is 0 Å². The van der Waals surface area contributed by atoms with Crippen LogP contribution in [0.2, 0.25) is 0 Å². The van der Waals surface area contributed by atoms with Crippen LogP contribution in [-0.2, 0) is 4.79 Å². The van der Waals surface area contributed by atoms with E-state index in [0.717, 1.165) is 25.7 Å². The molecule has 0 aromatic carbocycles. The first-order valence-electron chi connectivity index (χ1n) is 5.76. The fraction of sp³-hybridized carbons (Fsp3) is 0.917. The van der Waals surface area contributed by atoms with E-state index in [-0.39, 0.29) is 0 Å². The van der Waals surface area contributed by atoms with E-state index in [1.807, 2.05) is 0 Å². The molecular weight excluding hydrogens is 176 g/mol. The van der Waals surface area contributed by atoms with Gasteiger partial charge in [0.1, 0.15) is 5.78 Å². The van der Waals surface area contributed by atoms with Crippen molar-refractivity contribution >= 4 is 5.78 Å². The summed E-state index contributed by atoms with van der Waals surface area (Å²) in [7, 11) is 0. The third-order valence-electron chi connectivity index (χ3n) is 3.04. The van der Waals surface area contributed by atoms with Gasteiger partial charge in [0.15, 0.2) is 0 Å². The van der Waals surface area contributed by atoms with E-state index < -0.39 is 5.60 Å². The van der Waals surface area contributed by atoms with E-state index in [2.05, 4.69) is 13.8 Å². The third kappa shape index (κ3) is 3.79. The Labute approximate surface area is 86.7 Å². The van der Waals surface area contributed by atoms with Crippen LogP contribution in [0.15, 0.2) is 0 Å². The molecule has 0 amide bonds. The van der Waals surface area contributed by atoms with Gasteiger partial charge < -0.3 is 5.11 Å². The highest BCUT2D eigenvalue weighted by molar-refractivity contribution is 5.78. The fourth-order valence-electron chi connectivity index (χ4n) is 2.21. The van der Waals surface area contributed by atoms with E-state index in [1.54, 1.807) is 0 Å². The largest absolute Gasteiger partial charge is 0.390 e. The van der Waals surface area contributed by atoms with Gasteiger partial charge in [-0.2, -0.15) is 0 Å². The second-order valence-corrected chi connectivity index (χ2v) is 5.07. The van der Waals surface area contributed by atoms with Crippen molar-refractivity contribution in [2.45, 2.75) is 64.4 Å². The van der Waals surface area contributed by atoms with E-state index in [9.17, 15) is 9.90 Å². The molecule has 2 heteroatoms. The van der Waals surface area contributed by atoms with Crippen LogP contribution in [0.1, 0.15) is 58.8 Å². The third-order valence-corrected chi connectivity index (χ3v) is 3.04. The van der Waals surface area contributed by atoms with Crippen molar-refractivity contribution < 1.29 is 9.90 Å². The molecule has 0 unspecified atom stereocenters. The van der Waals surface area contributed by atoms with Crippen molar-refractivity contribution in [3.63, 3.8) is 0 Å². The minimum atomic E-state index is -0.507. The molecule has 0 atom stereocenters. The fourth-order valence-corrected chi connectivity index (χ4v) is 2.21. The summed E-state index contributed by atoms with van der Waals surface area (Å²) in [5, 5.41) is 10.0. The lowest BCUT2D eigenvalue weighted by Crippen LogP contribution is -2.25. The number of hydrogen-bond acceptors (Lipinski definition) is 2. The lowest BCUT2D eigenvalue weighted by atomic mass is 9.93. The molecule has 1 fully saturated rings. The minimum absolute atomic E-state index is 0.306. The summed E-state index contributed by atoms with van der Waals surface area (Å²) in [6.07, 6.45) is 5.93. The van der Waals surface area contributed by atoms with Crippen molar-refractivity contribution in [2.24, 2.45) is 5.92 Å². The zero-order chi connectivity index (χ0) is 10.6. The highest BCUT2D eigenvalue weighted by Crippen LogP contribution is 2.33. The molecular formula is C12H22O2. The Morgan fingerprint density at radius 2 is 1.93 bits per heavy atom. The predicted octanol–water partition coefficient (Wildman–Crippen LogP) is 2.69. The van der Waals surface area contributed by atoms with Gasteiger partial charge in [-0.3, -0.25) is 4.79 Å². The summed E-state index contributed by atoms with van der Waals surface area (Å²) in [4.78, 5) is 11.4. The number of carbonyl (C=O) groups is 1. The molecule has 1 aliphatic rings. The summed E-state index contributed by atoms with van der Waals surface area (Å²) in [5.74, 6) is 0.751. The van der Waals surface area contributed by atoms with Crippen LogP contribution in [0.3, 0.4) is 0 Å². The van der Waals surface area contributed by atoms with Gasteiger partial charge in [-0.05, 0) is 25.2 Å². The molecule has 0 aliphatic heterocycles. The van der Waals surface area contributed by atoms with E-state index in [0.29, 0.717) is 31.0 Å². The molecule has 1 rings (SSSR count). The number of carbonyl (C=O) groups excluding carboxylic acids is 1. The highest BCUT2D eigenvalue weighted by atomic mass is 16.3. The quantitative estimate of drug-likeness (QED) is 0.737. The predicted molar refractivity (Wildman–Crippen MR) is 57.1 cm³/mol. The smallest absolute Gasteiger partial charge is 0.133 e. The van der Waals surface area contributed by atoms with Gasteiger partial charge in [0, 0.05) is 12.8 Å². The standard InChI is InChI=1S/C12H22O2/c1-10(2)9-11(13)5-8-12(14)6-3-4-7-12/h10,14H,3-9H2,1-2H3. The Hall–Kier alpha value is -0.370. The van der Waals surface area contributed by atoms with Gasteiger partial charge in [0.05, 0.1) is 5.60 Å². The molecule has 0 heterocycles.